The van der Waals surface area contributed by atoms with E-state index in [1.165, 1.54) is 13.1 Å². The minimum atomic E-state index is -0.393. The maximum atomic E-state index is 12.3. The van der Waals surface area contributed by atoms with E-state index in [9.17, 15) is 9.59 Å². The first-order valence-corrected chi connectivity index (χ1v) is 10.0. The highest BCUT2D eigenvalue weighted by molar-refractivity contribution is 6.42. The van der Waals surface area contributed by atoms with Gasteiger partial charge in [0.05, 0.1) is 16.3 Å². The third-order valence-electron chi connectivity index (χ3n) is 4.07. The number of nitrogens with zero attached hydrogens (tertiary/aromatic N) is 1. The number of amides is 2. The fourth-order valence-corrected chi connectivity index (χ4v) is 2.97. The number of carbonyl (C=O) groups excluding carboxylic acids is 2. The molecule has 158 valence electrons. The molecular formula is C23H19Cl2N3O3. The number of ether oxygens (including phenoxy) is 1. The van der Waals surface area contributed by atoms with Gasteiger partial charge in [-0.3, -0.25) is 9.59 Å². The van der Waals surface area contributed by atoms with Gasteiger partial charge in [0.1, 0.15) is 12.4 Å². The van der Waals surface area contributed by atoms with Crippen LogP contribution in [0, 0.1) is 0 Å². The Bertz CT molecular complexity index is 1130. The molecule has 0 aromatic heterocycles. The first kappa shape index (κ1) is 22.3. The molecule has 3 aromatic rings. The highest BCUT2D eigenvalue weighted by Crippen LogP contribution is 2.23. The van der Waals surface area contributed by atoms with Crippen LogP contribution in [0.4, 0.5) is 5.69 Å². The lowest BCUT2D eigenvalue weighted by Crippen LogP contribution is -2.18. The van der Waals surface area contributed by atoms with E-state index in [1.54, 1.807) is 42.5 Å². The normalized spacial score (nSPS) is 10.7. The zero-order valence-electron chi connectivity index (χ0n) is 16.6. The Labute approximate surface area is 189 Å². The second-order valence-corrected chi connectivity index (χ2v) is 7.39. The molecule has 0 radical (unpaired) electrons. The van der Waals surface area contributed by atoms with Crippen molar-refractivity contribution < 1.29 is 14.3 Å². The first-order chi connectivity index (χ1) is 14.9. The Kier molecular flexibility index (Phi) is 7.65. The molecule has 0 aliphatic rings. The second-order valence-electron chi connectivity index (χ2n) is 6.57. The van der Waals surface area contributed by atoms with Gasteiger partial charge in [-0.25, -0.2) is 5.43 Å². The lowest BCUT2D eigenvalue weighted by atomic mass is 10.2. The summed E-state index contributed by atoms with van der Waals surface area (Å²) in [6, 6.07) is 19.2. The molecule has 0 unspecified atom stereocenters. The molecule has 8 heteroatoms. The van der Waals surface area contributed by atoms with Crippen molar-refractivity contribution >= 4 is 46.9 Å². The smallest absolute Gasteiger partial charge is 0.271 e. The maximum Gasteiger partial charge on any atom is 0.271 e. The van der Waals surface area contributed by atoms with Gasteiger partial charge in [0.25, 0.3) is 5.91 Å². The molecule has 0 aliphatic heterocycles. The summed E-state index contributed by atoms with van der Waals surface area (Å²) in [7, 11) is 0. The predicted molar refractivity (Wildman–Crippen MR) is 123 cm³/mol. The Balaban J connectivity index is 1.58. The van der Waals surface area contributed by atoms with Crippen LogP contribution in [0.15, 0.2) is 71.8 Å². The molecule has 0 bridgehead atoms. The summed E-state index contributed by atoms with van der Waals surface area (Å²) in [5.74, 6) is 0.0386. The summed E-state index contributed by atoms with van der Waals surface area (Å²) < 4.78 is 5.78. The van der Waals surface area contributed by atoms with Crippen LogP contribution in [0.2, 0.25) is 10.0 Å². The summed E-state index contributed by atoms with van der Waals surface area (Å²) >= 11 is 11.9. The number of halogens is 2. The number of hydrogen-bond acceptors (Lipinski definition) is 4. The monoisotopic (exact) mass is 455 g/mol. The Morgan fingerprint density at radius 1 is 1.00 bits per heavy atom. The third-order valence-corrected chi connectivity index (χ3v) is 4.81. The summed E-state index contributed by atoms with van der Waals surface area (Å²) in [4.78, 5) is 23.4. The summed E-state index contributed by atoms with van der Waals surface area (Å²) in [6.07, 6.45) is 1.52. The largest absolute Gasteiger partial charge is 0.489 e. The molecule has 0 saturated carbocycles. The van der Waals surface area contributed by atoms with E-state index in [2.05, 4.69) is 15.8 Å². The van der Waals surface area contributed by atoms with Crippen LogP contribution in [-0.4, -0.2) is 18.0 Å². The predicted octanol–water partition coefficient (Wildman–Crippen LogP) is 5.29. The van der Waals surface area contributed by atoms with Crippen LogP contribution in [0.3, 0.4) is 0 Å². The quantitative estimate of drug-likeness (QED) is 0.374. The van der Waals surface area contributed by atoms with Gasteiger partial charge in [-0.1, -0.05) is 47.5 Å². The molecule has 0 fully saturated rings. The summed E-state index contributed by atoms with van der Waals surface area (Å²) in [5, 5.41) is 7.59. The average Bonchev–Trinajstić information content (AvgIpc) is 2.74. The van der Waals surface area contributed by atoms with Crippen molar-refractivity contribution in [2.75, 3.05) is 5.32 Å². The van der Waals surface area contributed by atoms with Crippen LogP contribution in [0.5, 0.6) is 5.75 Å². The fourth-order valence-electron chi connectivity index (χ4n) is 2.65. The Morgan fingerprint density at radius 3 is 2.58 bits per heavy atom. The van der Waals surface area contributed by atoms with E-state index in [1.807, 2.05) is 24.3 Å². The SMILES string of the molecule is CC(=O)Nc1cccc(C(=O)N/N=C\c2cccc(OCc3ccc(Cl)c(Cl)c3)c2)c1. The van der Waals surface area contributed by atoms with Crippen molar-refractivity contribution in [3.8, 4) is 5.75 Å². The Hall–Kier alpha value is -3.35. The number of nitrogens with one attached hydrogen (secondary N) is 2. The van der Waals surface area contributed by atoms with Gasteiger partial charge in [-0.2, -0.15) is 5.10 Å². The van der Waals surface area contributed by atoms with Gasteiger partial charge < -0.3 is 10.1 Å². The fraction of sp³-hybridized carbons (Fsp3) is 0.0870. The molecule has 0 saturated heterocycles. The van der Waals surface area contributed by atoms with Crippen LogP contribution in [-0.2, 0) is 11.4 Å². The topological polar surface area (TPSA) is 79.8 Å². The second kappa shape index (κ2) is 10.6. The minimum absolute atomic E-state index is 0.211. The molecule has 3 rings (SSSR count). The highest BCUT2D eigenvalue weighted by Gasteiger charge is 2.06. The van der Waals surface area contributed by atoms with E-state index < -0.39 is 5.91 Å². The number of hydrazone groups is 1. The van der Waals surface area contributed by atoms with Gasteiger partial charge in [-0.05, 0) is 53.6 Å². The van der Waals surface area contributed by atoms with Gasteiger partial charge >= 0.3 is 0 Å². The van der Waals surface area contributed by atoms with Crippen molar-refractivity contribution in [2.45, 2.75) is 13.5 Å². The molecule has 0 atom stereocenters. The summed E-state index contributed by atoms with van der Waals surface area (Å²) in [5.41, 5.74) is 5.02. The van der Waals surface area contributed by atoms with E-state index >= 15 is 0 Å². The molecular weight excluding hydrogens is 437 g/mol. The van der Waals surface area contributed by atoms with Crippen LogP contribution in [0.1, 0.15) is 28.4 Å². The van der Waals surface area contributed by atoms with Crippen molar-refractivity contribution in [2.24, 2.45) is 5.10 Å². The molecule has 2 N–H and O–H groups in total. The van der Waals surface area contributed by atoms with E-state index in [4.69, 9.17) is 27.9 Å². The molecule has 3 aromatic carbocycles. The zero-order valence-corrected chi connectivity index (χ0v) is 18.1. The van der Waals surface area contributed by atoms with Crippen molar-refractivity contribution in [1.29, 1.82) is 0 Å². The van der Waals surface area contributed by atoms with Gasteiger partial charge in [0.2, 0.25) is 5.91 Å². The number of hydrogen-bond donors (Lipinski definition) is 2. The van der Waals surface area contributed by atoms with Gasteiger partial charge in [0, 0.05) is 18.2 Å². The van der Waals surface area contributed by atoms with Crippen molar-refractivity contribution in [3.63, 3.8) is 0 Å². The maximum absolute atomic E-state index is 12.3. The highest BCUT2D eigenvalue weighted by atomic mass is 35.5. The zero-order chi connectivity index (χ0) is 22.2. The van der Waals surface area contributed by atoms with Crippen LogP contribution >= 0.6 is 23.2 Å². The molecule has 2 amide bonds. The van der Waals surface area contributed by atoms with Gasteiger partial charge in [-0.15, -0.1) is 0 Å². The summed E-state index contributed by atoms with van der Waals surface area (Å²) in [6.45, 7) is 1.73. The lowest BCUT2D eigenvalue weighted by Gasteiger charge is -2.08. The standard InChI is InChI=1S/C23H19Cl2N3O3/c1-15(29)27-19-6-3-5-18(12-19)23(30)28-26-13-16-4-2-7-20(10-16)31-14-17-8-9-21(24)22(25)11-17/h2-13H,14H2,1H3,(H,27,29)(H,28,30)/b26-13-. The van der Waals surface area contributed by atoms with E-state index in [0.717, 1.165) is 11.1 Å². The first-order valence-electron chi connectivity index (χ1n) is 9.28. The lowest BCUT2D eigenvalue weighted by molar-refractivity contribution is -0.114. The average molecular weight is 456 g/mol. The number of carbonyl (C=O) groups is 2. The van der Waals surface area contributed by atoms with Crippen molar-refractivity contribution in [1.82, 2.24) is 5.43 Å². The Morgan fingerprint density at radius 2 is 1.81 bits per heavy atom. The molecule has 6 nitrogen and oxygen atoms in total. The van der Waals surface area contributed by atoms with Crippen LogP contribution in [0.25, 0.3) is 0 Å². The van der Waals surface area contributed by atoms with E-state index in [0.29, 0.717) is 33.7 Å². The van der Waals surface area contributed by atoms with Crippen molar-refractivity contribution in [3.05, 3.63) is 93.5 Å². The molecule has 0 heterocycles. The minimum Gasteiger partial charge on any atom is -0.489 e. The van der Waals surface area contributed by atoms with Crippen LogP contribution < -0.4 is 15.5 Å². The third kappa shape index (κ3) is 6.84. The van der Waals surface area contributed by atoms with Gasteiger partial charge in [0.15, 0.2) is 0 Å². The molecule has 0 aliphatic carbocycles. The molecule has 31 heavy (non-hydrogen) atoms. The molecule has 0 spiro atoms. The van der Waals surface area contributed by atoms with E-state index in [-0.39, 0.29) is 5.91 Å². The number of rotatable bonds is 7. The number of anilines is 1. The number of benzene rings is 3.